The van der Waals surface area contributed by atoms with Crippen LogP contribution in [0.25, 0.3) is 5.69 Å². The molecule has 0 radical (unpaired) electrons. The first kappa shape index (κ1) is 24.4. The summed E-state index contributed by atoms with van der Waals surface area (Å²) in [6, 6.07) is 17.8. The smallest absolute Gasteiger partial charge is 0.251 e. The fourth-order valence-electron chi connectivity index (χ4n) is 3.24. The monoisotopic (exact) mass is 532 g/mol. The van der Waals surface area contributed by atoms with Crippen molar-refractivity contribution in [1.29, 1.82) is 0 Å². The first-order valence-electron chi connectivity index (χ1n) is 9.89. The molecule has 0 aliphatic heterocycles. The van der Waals surface area contributed by atoms with Gasteiger partial charge in [-0.1, -0.05) is 30.3 Å². The third-order valence-electron chi connectivity index (χ3n) is 4.80. The summed E-state index contributed by atoms with van der Waals surface area (Å²) in [5, 5.41) is 13.9. The Morgan fingerprint density at radius 2 is 1.71 bits per heavy atom. The average Bonchev–Trinajstić information content (AvgIpc) is 3.11. The molecule has 3 rings (SSSR count). The summed E-state index contributed by atoms with van der Waals surface area (Å²) in [7, 11) is 3.37. The molecule has 0 saturated carbocycles. The van der Waals surface area contributed by atoms with E-state index in [1.807, 2.05) is 48.0 Å². The van der Waals surface area contributed by atoms with Crippen LogP contribution in [-0.4, -0.2) is 35.7 Å². The Bertz CT molecular complexity index is 1040. The van der Waals surface area contributed by atoms with Gasteiger partial charge < -0.3 is 16.0 Å². The predicted octanol–water partition coefficient (Wildman–Crippen LogP) is 3.33. The normalized spacial score (nSPS) is 10.9. The third kappa shape index (κ3) is 6.30. The zero-order valence-corrected chi connectivity index (χ0v) is 20.6. The molecular formula is C23H29IN6O. The number of carbonyl (C=O) groups is 1. The number of halogens is 1. The molecule has 3 aromatic rings. The highest BCUT2D eigenvalue weighted by molar-refractivity contribution is 14.0. The molecule has 2 aromatic carbocycles. The van der Waals surface area contributed by atoms with Crippen molar-refractivity contribution in [3.8, 4) is 5.69 Å². The summed E-state index contributed by atoms with van der Waals surface area (Å²) >= 11 is 0. The van der Waals surface area contributed by atoms with E-state index in [-0.39, 0.29) is 29.9 Å². The van der Waals surface area contributed by atoms with Gasteiger partial charge in [0.2, 0.25) is 0 Å². The van der Waals surface area contributed by atoms with Crippen LogP contribution >= 0.6 is 24.0 Å². The molecule has 7 nitrogen and oxygen atoms in total. The van der Waals surface area contributed by atoms with Crippen LogP contribution in [0.3, 0.4) is 0 Å². The number of aliphatic imine (C=N–C) groups is 1. The molecule has 0 atom stereocenters. The summed E-state index contributed by atoms with van der Waals surface area (Å²) < 4.78 is 1.97. The van der Waals surface area contributed by atoms with Crippen molar-refractivity contribution < 1.29 is 4.79 Å². The van der Waals surface area contributed by atoms with Crippen molar-refractivity contribution in [3.63, 3.8) is 0 Å². The van der Waals surface area contributed by atoms with E-state index in [4.69, 9.17) is 0 Å². The number of hydrogen-bond donors (Lipinski definition) is 3. The van der Waals surface area contributed by atoms with Crippen LogP contribution in [0, 0.1) is 13.8 Å². The Labute approximate surface area is 200 Å². The van der Waals surface area contributed by atoms with E-state index < -0.39 is 0 Å². The molecule has 0 spiro atoms. The van der Waals surface area contributed by atoms with Gasteiger partial charge in [-0.05, 0) is 49.2 Å². The van der Waals surface area contributed by atoms with E-state index in [0.29, 0.717) is 24.6 Å². The third-order valence-corrected chi connectivity index (χ3v) is 4.80. The minimum Gasteiger partial charge on any atom is -0.355 e. The van der Waals surface area contributed by atoms with E-state index in [1.54, 1.807) is 14.1 Å². The van der Waals surface area contributed by atoms with Gasteiger partial charge in [-0.3, -0.25) is 9.79 Å². The Kier molecular flexibility index (Phi) is 9.04. The molecule has 31 heavy (non-hydrogen) atoms. The Balaban J connectivity index is 0.00000341. The standard InChI is InChI=1S/C23H28N6O.HI/c1-16-13-17(2)29(28-16)21-8-6-5-7-20(21)15-27-23(25-4)26-14-18-9-11-19(12-10-18)22(30)24-3;/h5-13H,14-15H2,1-4H3,(H,24,30)(H2,25,26,27);1H. The van der Waals surface area contributed by atoms with Gasteiger partial charge in [0, 0.05) is 38.4 Å². The van der Waals surface area contributed by atoms with Gasteiger partial charge in [-0.25, -0.2) is 4.68 Å². The fourth-order valence-corrected chi connectivity index (χ4v) is 3.24. The number of para-hydroxylation sites is 1. The van der Waals surface area contributed by atoms with Gasteiger partial charge in [0.1, 0.15) is 0 Å². The Morgan fingerprint density at radius 3 is 2.32 bits per heavy atom. The number of nitrogens with zero attached hydrogens (tertiary/aromatic N) is 3. The van der Waals surface area contributed by atoms with E-state index in [9.17, 15) is 4.79 Å². The van der Waals surface area contributed by atoms with Gasteiger partial charge in [-0.15, -0.1) is 24.0 Å². The molecule has 0 unspecified atom stereocenters. The zero-order chi connectivity index (χ0) is 21.5. The molecule has 0 fully saturated rings. The second kappa shape index (κ2) is 11.5. The highest BCUT2D eigenvalue weighted by Gasteiger charge is 2.09. The van der Waals surface area contributed by atoms with Gasteiger partial charge in [0.25, 0.3) is 5.91 Å². The molecule has 0 aliphatic carbocycles. The number of rotatable bonds is 6. The van der Waals surface area contributed by atoms with Gasteiger partial charge >= 0.3 is 0 Å². The Hall–Kier alpha value is -2.88. The number of aromatic nitrogens is 2. The first-order chi connectivity index (χ1) is 14.5. The summed E-state index contributed by atoms with van der Waals surface area (Å²) in [6.07, 6.45) is 0. The summed E-state index contributed by atoms with van der Waals surface area (Å²) in [5.74, 6) is 0.613. The maximum Gasteiger partial charge on any atom is 0.251 e. The molecule has 1 aromatic heterocycles. The molecule has 164 valence electrons. The number of carbonyl (C=O) groups excluding carboxylic acids is 1. The van der Waals surface area contributed by atoms with Crippen LogP contribution in [0.5, 0.6) is 0 Å². The maximum absolute atomic E-state index is 11.6. The van der Waals surface area contributed by atoms with Gasteiger partial charge in [-0.2, -0.15) is 5.10 Å². The fraction of sp³-hybridized carbons (Fsp3) is 0.261. The molecule has 0 aliphatic rings. The van der Waals surface area contributed by atoms with Crippen LogP contribution < -0.4 is 16.0 Å². The lowest BCUT2D eigenvalue weighted by atomic mass is 10.1. The van der Waals surface area contributed by atoms with Crippen molar-refractivity contribution in [2.24, 2.45) is 4.99 Å². The van der Waals surface area contributed by atoms with Crippen molar-refractivity contribution >= 4 is 35.8 Å². The number of nitrogens with one attached hydrogen (secondary N) is 3. The second-order valence-electron chi connectivity index (χ2n) is 7.02. The molecule has 3 N–H and O–H groups in total. The van der Waals surface area contributed by atoms with Crippen LogP contribution in [0.2, 0.25) is 0 Å². The average molecular weight is 532 g/mol. The lowest BCUT2D eigenvalue weighted by Crippen LogP contribution is -2.36. The number of guanidine groups is 1. The Morgan fingerprint density at radius 1 is 1.03 bits per heavy atom. The highest BCUT2D eigenvalue weighted by atomic mass is 127. The van der Waals surface area contributed by atoms with E-state index in [1.165, 1.54) is 0 Å². The zero-order valence-electron chi connectivity index (χ0n) is 18.3. The predicted molar refractivity (Wildman–Crippen MR) is 135 cm³/mol. The van der Waals surface area contributed by atoms with Crippen LogP contribution in [0.1, 0.15) is 32.9 Å². The lowest BCUT2D eigenvalue weighted by molar-refractivity contribution is 0.0963. The summed E-state index contributed by atoms with van der Waals surface area (Å²) in [5.41, 5.74) is 5.98. The highest BCUT2D eigenvalue weighted by Crippen LogP contribution is 2.16. The molecule has 1 amide bonds. The second-order valence-corrected chi connectivity index (χ2v) is 7.02. The summed E-state index contributed by atoms with van der Waals surface area (Å²) in [6.45, 7) is 5.27. The van der Waals surface area contributed by atoms with Crippen LogP contribution in [-0.2, 0) is 13.1 Å². The van der Waals surface area contributed by atoms with Crippen molar-refractivity contribution in [1.82, 2.24) is 25.7 Å². The maximum atomic E-state index is 11.6. The van der Waals surface area contributed by atoms with E-state index in [2.05, 4.69) is 51.2 Å². The minimum absolute atomic E-state index is 0. The lowest BCUT2D eigenvalue weighted by Gasteiger charge is -2.15. The molecule has 0 saturated heterocycles. The molecule has 1 heterocycles. The number of hydrogen-bond acceptors (Lipinski definition) is 3. The van der Waals surface area contributed by atoms with E-state index in [0.717, 1.165) is 28.2 Å². The van der Waals surface area contributed by atoms with Crippen molar-refractivity contribution in [3.05, 3.63) is 82.7 Å². The molecule has 0 bridgehead atoms. The number of benzene rings is 2. The largest absolute Gasteiger partial charge is 0.355 e. The SMILES string of the molecule is CN=C(NCc1ccc(C(=O)NC)cc1)NCc1ccccc1-n1nc(C)cc1C.I. The molecular weight excluding hydrogens is 503 g/mol. The van der Waals surface area contributed by atoms with Crippen LogP contribution in [0.15, 0.2) is 59.6 Å². The topological polar surface area (TPSA) is 83.3 Å². The van der Waals surface area contributed by atoms with Gasteiger partial charge in [0.15, 0.2) is 5.96 Å². The summed E-state index contributed by atoms with van der Waals surface area (Å²) in [4.78, 5) is 16.0. The van der Waals surface area contributed by atoms with E-state index >= 15 is 0 Å². The minimum atomic E-state index is -0.0896. The van der Waals surface area contributed by atoms with Crippen molar-refractivity contribution in [2.45, 2.75) is 26.9 Å². The van der Waals surface area contributed by atoms with Crippen molar-refractivity contribution in [2.75, 3.05) is 14.1 Å². The first-order valence-corrected chi connectivity index (χ1v) is 9.89. The number of aryl methyl sites for hydroxylation is 2. The number of amides is 1. The van der Waals surface area contributed by atoms with Crippen LogP contribution in [0.4, 0.5) is 0 Å². The quantitative estimate of drug-likeness (QED) is 0.259. The van der Waals surface area contributed by atoms with Gasteiger partial charge in [0.05, 0.1) is 11.4 Å². The molecule has 8 heteroatoms.